The van der Waals surface area contributed by atoms with Crippen molar-refractivity contribution in [3.8, 4) is 5.82 Å². The van der Waals surface area contributed by atoms with Gasteiger partial charge in [0.15, 0.2) is 11.5 Å². The highest BCUT2D eigenvalue weighted by atomic mass is 16.3. The number of aliphatic hydroxyl groups is 1. The van der Waals surface area contributed by atoms with Crippen LogP contribution in [0.2, 0.25) is 0 Å². The Hall–Kier alpha value is -4.02. The van der Waals surface area contributed by atoms with Crippen LogP contribution >= 0.6 is 0 Å². The van der Waals surface area contributed by atoms with Gasteiger partial charge in [0.25, 0.3) is 5.56 Å². The lowest BCUT2D eigenvalue weighted by Gasteiger charge is -2.21. The minimum absolute atomic E-state index is 0.238. The van der Waals surface area contributed by atoms with E-state index in [1.807, 2.05) is 12.1 Å². The van der Waals surface area contributed by atoms with E-state index in [-0.39, 0.29) is 12.1 Å². The van der Waals surface area contributed by atoms with E-state index in [9.17, 15) is 9.90 Å². The molecule has 0 spiro atoms. The summed E-state index contributed by atoms with van der Waals surface area (Å²) in [7, 11) is 2.21. The van der Waals surface area contributed by atoms with E-state index in [4.69, 9.17) is 4.98 Å². The van der Waals surface area contributed by atoms with Crippen LogP contribution in [-0.2, 0) is 12.1 Å². The molecule has 2 saturated heterocycles. The maximum atomic E-state index is 13.2. The van der Waals surface area contributed by atoms with E-state index in [1.54, 1.807) is 42.8 Å². The molecule has 10 heteroatoms. The second kappa shape index (κ2) is 9.62. The lowest BCUT2D eigenvalue weighted by atomic mass is 10.0. The Labute approximate surface area is 227 Å². The maximum Gasteiger partial charge on any atom is 0.278 e. The van der Waals surface area contributed by atoms with Gasteiger partial charge in [0.2, 0.25) is 5.95 Å². The molecule has 202 valence electrons. The van der Waals surface area contributed by atoms with Crippen LogP contribution in [0.5, 0.6) is 0 Å². The summed E-state index contributed by atoms with van der Waals surface area (Å²) in [5, 5.41) is 14.2. The van der Waals surface area contributed by atoms with Crippen LogP contribution in [0.25, 0.3) is 16.9 Å². The van der Waals surface area contributed by atoms with Crippen molar-refractivity contribution in [1.29, 1.82) is 0 Å². The summed E-state index contributed by atoms with van der Waals surface area (Å²) >= 11 is 0. The normalized spacial score (nSPS) is 19.5. The molecule has 1 aromatic carbocycles. The Morgan fingerprint density at radius 1 is 1.08 bits per heavy atom. The first-order valence-corrected chi connectivity index (χ1v) is 13.3. The number of benzene rings is 1. The molecule has 0 radical (unpaired) electrons. The third kappa shape index (κ3) is 4.70. The Morgan fingerprint density at radius 2 is 1.79 bits per heavy atom. The summed E-state index contributed by atoms with van der Waals surface area (Å²) in [6, 6.07) is 13.7. The van der Waals surface area contributed by atoms with E-state index in [0.29, 0.717) is 28.5 Å². The fraction of sp³-hybridized carbons (Fsp3) is 0.379. The monoisotopic (exact) mass is 526 g/mol. The number of nitrogens with one attached hydrogen (secondary N) is 1. The summed E-state index contributed by atoms with van der Waals surface area (Å²) in [6.45, 7) is 12.0. The van der Waals surface area contributed by atoms with Crippen molar-refractivity contribution >= 4 is 28.4 Å². The van der Waals surface area contributed by atoms with Gasteiger partial charge in [-0.15, -0.1) is 6.58 Å². The molecule has 6 rings (SSSR count). The van der Waals surface area contributed by atoms with Crippen molar-refractivity contribution in [2.45, 2.75) is 26.0 Å². The van der Waals surface area contributed by atoms with E-state index in [1.165, 1.54) is 29.7 Å². The number of aromatic nitrogens is 5. The van der Waals surface area contributed by atoms with E-state index < -0.39 is 5.60 Å². The van der Waals surface area contributed by atoms with Gasteiger partial charge in [0, 0.05) is 43.8 Å². The molecule has 4 aromatic rings. The van der Waals surface area contributed by atoms with Crippen LogP contribution < -0.4 is 15.8 Å². The molecule has 5 heterocycles. The predicted octanol–water partition coefficient (Wildman–Crippen LogP) is 3.13. The number of hydrogen-bond donors (Lipinski definition) is 2. The molecule has 2 unspecified atom stereocenters. The van der Waals surface area contributed by atoms with Crippen molar-refractivity contribution < 1.29 is 5.11 Å². The highest BCUT2D eigenvalue weighted by Gasteiger charge is 2.38. The van der Waals surface area contributed by atoms with Crippen LogP contribution in [0, 0.1) is 11.8 Å². The number of anilines is 3. The number of pyridine rings is 1. The van der Waals surface area contributed by atoms with Gasteiger partial charge in [-0.2, -0.15) is 4.98 Å². The lowest BCUT2D eigenvalue weighted by molar-refractivity contribution is 0.0738. The number of nitrogens with zero attached hydrogens (tertiary/aromatic N) is 7. The first-order valence-electron chi connectivity index (χ1n) is 13.3. The van der Waals surface area contributed by atoms with Crippen LogP contribution in [0.4, 0.5) is 17.3 Å². The molecule has 0 aliphatic carbocycles. The van der Waals surface area contributed by atoms with Crippen molar-refractivity contribution in [3.05, 3.63) is 77.4 Å². The summed E-state index contributed by atoms with van der Waals surface area (Å²) in [5.74, 6) is 2.34. The molecule has 2 aliphatic heterocycles. The van der Waals surface area contributed by atoms with Gasteiger partial charge in [-0.3, -0.25) is 4.79 Å². The van der Waals surface area contributed by atoms with Crippen molar-refractivity contribution in [3.63, 3.8) is 0 Å². The number of likely N-dealkylation sites (tertiary alicyclic amines) is 1. The highest BCUT2D eigenvalue weighted by Crippen LogP contribution is 2.34. The number of fused-ring (bicyclic) bond motifs is 2. The summed E-state index contributed by atoms with van der Waals surface area (Å²) in [4.78, 5) is 31.9. The van der Waals surface area contributed by atoms with Crippen LogP contribution in [0.3, 0.4) is 0 Å². The molecule has 3 aromatic heterocycles. The van der Waals surface area contributed by atoms with Crippen molar-refractivity contribution in [2.24, 2.45) is 11.8 Å². The molecule has 2 atom stereocenters. The van der Waals surface area contributed by atoms with Crippen molar-refractivity contribution in [2.75, 3.05) is 43.4 Å². The molecule has 39 heavy (non-hydrogen) atoms. The number of allylic oxidation sites excluding steroid dienone is 1. The zero-order valence-electron chi connectivity index (χ0n) is 22.6. The van der Waals surface area contributed by atoms with Gasteiger partial charge in [0.05, 0.1) is 12.2 Å². The average molecular weight is 527 g/mol. The maximum absolute atomic E-state index is 13.2. The van der Waals surface area contributed by atoms with Crippen LogP contribution in [0.15, 0.2) is 66.1 Å². The molecule has 0 bridgehead atoms. The molecule has 0 amide bonds. The minimum atomic E-state index is -1.14. The second-order valence-corrected chi connectivity index (χ2v) is 11.2. The first kappa shape index (κ1) is 25.3. The average Bonchev–Trinajstić information content (AvgIpc) is 3.54. The van der Waals surface area contributed by atoms with Crippen LogP contribution in [-0.4, -0.2) is 67.5 Å². The zero-order chi connectivity index (χ0) is 27.3. The minimum Gasteiger partial charge on any atom is -0.384 e. The molecule has 10 nitrogen and oxygen atoms in total. The standard InChI is InChI=1S/C29H34N8O2/c1-5-13-36-27(38)23-14-30-28(33-26(23)37(36)25-8-6-7-24(32-25)29(2,3)39)31-21-9-11-22(12-10-21)35-17-19-15-34(4)16-20(19)18-35/h5-12,14,19-20,39H,1,13,15-18H2,2-4H3,(H,30,31,33). The number of rotatable bonds is 7. The van der Waals surface area contributed by atoms with E-state index in [0.717, 1.165) is 30.6 Å². The van der Waals surface area contributed by atoms with Gasteiger partial charge in [-0.1, -0.05) is 12.1 Å². The smallest absolute Gasteiger partial charge is 0.278 e. The third-order valence-electron chi connectivity index (χ3n) is 7.71. The number of hydrogen-bond acceptors (Lipinski definition) is 8. The molecular weight excluding hydrogens is 492 g/mol. The first-order chi connectivity index (χ1) is 18.7. The van der Waals surface area contributed by atoms with Gasteiger partial charge < -0.3 is 20.2 Å². The summed E-state index contributed by atoms with van der Waals surface area (Å²) in [5.41, 5.74) is 1.62. The molecule has 2 aliphatic rings. The fourth-order valence-corrected chi connectivity index (χ4v) is 5.81. The Balaban J connectivity index is 1.30. The van der Waals surface area contributed by atoms with Gasteiger partial charge in [-0.05, 0) is 69.1 Å². The van der Waals surface area contributed by atoms with Gasteiger partial charge in [-0.25, -0.2) is 19.3 Å². The van der Waals surface area contributed by atoms with E-state index >= 15 is 0 Å². The summed E-state index contributed by atoms with van der Waals surface area (Å²) < 4.78 is 3.18. The highest BCUT2D eigenvalue weighted by molar-refractivity contribution is 5.77. The largest absolute Gasteiger partial charge is 0.384 e. The van der Waals surface area contributed by atoms with Crippen LogP contribution in [0.1, 0.15) is 19.5 Å². The Morgan fingerprint density at radius 3 is 2.46 bits per heavy atom. The molecule has 2 fully saturated rings. The van der Waals surface area contributed by atoms with E-state index in [2.05, 4.69) is 50.8 Å². The lowest BCUT2D eigenvalue weighted by Crippen LogP contribution is -2.26. The quantitative estimate of drug-likeness (QED) is 0.354. The van der Waals surface area contributed by atoms with Crippen molar-refractivity contribution in [1.82, 2.24) is 29.2 Å². The fourth-order valence-electron chi connectivity index (χ4n) is 5.81. The topological polar surface area (TPSA) is 104 Å². The third-order valence-corrected chi connectivity index (χ3v) is 7.71. The Bertz CT molecular complexity index is 1570. The second-order valence-electron chi connectivity index (χ2n) is 11.2. The predicted molar refractivity (Wildman–Crippen MR) is 153 cm³/mol. The molecular formula is C29H34N8O2. The molecule has 0 saturated carbocycles. The van der Waals surface area contributed by atoms with Gasteiger partial charge >= 0.3 is 0 Å². The Kier molecular flexibility index (Phi) is 6.23. The summed E-state index contributed by atoms with van der Waals surface area (Å²) in [6.07, 6.45) is 3.19. The zero-order valence-corrected chi connectivity index (χ0v) is 22.6. The van der Waals surface area contributed by atoms with Gasteiger partial charge in [0.1, 0.15) is 11.0 Å². The SMILES string of the molecule is C=CCn1c(=O)c2cnc(Nc3ccc(N4CC5CN(C)CC5C4)cc3)nc2n1-c1cccc(C(C)(C)O)n1. The molecule has 2 N–H and O–H groups in total.